The molecule has 120 valence electrons. The molecule has 0 fully saturated rings. The molecule has 5 nitrogen and oxygen atoms in total. The molecule has 1 rings (SSSR count). The first-order valence-corrected chi connectivity index (χ1v) is 7.26. The van der Waals surface area contributed by atoms with E-state index < -0.39 is 18.1 Å². The quantitative estimate of drug-likeness (QED) is 0.545. The maximum Gasteiger partial charge on any atom is 0.313 e. The van der Waals surface area contributed by atoms with E-state index in [-0.39, 0.29) is 12.4 Å². The molecule has 0 N–H and O–H groups in total. The topological polar surface area (TPSA) is 68.6 Å². The average Bonchev–Trinajstić information content (AvgIpc) is 2.52. The Kier molecular flexibility index (Phi) is 7.58. The molecule has 0 amide bonds. The van der Waals surface area contributed by atoms with Crippen molar-refractivity contribution in [2.45, 2.75) is 32.5 Å². The summed E-state index contributed by atoms with van der Waals surface area (Å²) < 4.78 is 15.5. The minimum Gasteiger partial charge on any atom is -0.466 e. The Hall–Kier alpha value is -1.90. The summed E-state index contributed by atoms with van der Waals surface area (Å²) in [4.78, 5) is 12.3. The van der Waals surface area contributed by atoms with Gasteiger partial charge in [-0.15, -0.1) is 0 Å². The third-order valence-electron chi connectivity index (χ3n) is 3.58. The van der Waals surface area contributed by atoms with Crippen molar-refractivity contribution in [3.63, 3.8) is 0 Å². The van der Waals surface area contributed by atoms with Crippen molar-refractivity contribution in [1.82, 2.24) is 0 Å². The summed E-state index contributed by atoms with van der Waals surface area (Å²) in [6, 6.07) is 9.78. The van der Waals surface area contributed by atoms with Gasteiger partial charge in [-0.25, -0.2) is 0 Å². The lowest BCUT2D eigenvalue weighted by molar-refractivity contribution is -0.148. The van der Waals surface area contributed by atoms with Gasteiger partial charge in [0.2, 0.25) is 0 Å². The standard InChI is InChI=1S/C17H23NO4/c1-5-22-16(19)15(14-9-7-6-8-12(14)2)10-13(11-18)17(20-3)21-4/h6-9,13,15,17H,5,10H2,1-4H3. The largest absolute Gasteiger partial charge is 0.466 e. The fourth-order valence-corrected chi connectivity index (χ4v) is 2.47. The van der Waals surface area contributed by atoms with E-state index in [1.807, 2.05) is 31.2 Å². The van der Waals surface area contributed by atoms with Crippen LogP contribution in [0.2, 0.25) is 0 Å². The summed E-state index contributed by atoms with van der Waals surface area (Å²) in [5.41, 5.74) is 1.86. The first kappa shape index (κ1) is 18.1. The number of methoxy groups -OCH3 is 2. The molecule has 0 heterocycles. The number of carbonyl (C=O) groups excluding carboxylic acids is 1. The highest BCUT2D eigenvalue weighted by Crippen LogP contribution is 2.30. The van der Waals surface area contributed by atoms with Gasteiger partial charge in [-0.3, -0.25) is 4.79 Å². The molecule has 0 saturated carbocycles. The van der Waals surface area contributed by atoms with Gasteiger partial charge >= 0.3 is 5.97 Å². The molecule has 2 unspecified atom stereocenters. The lowest BCUT2D eigenvalue weighted by atomic mass is 9.86. The number of esters is 1. The molecule has 0 spiro atoms. The molecule has 0 aliphatic rings. The highest BCUT2D eigenvalue weighted by atomic mass is 16.7. The zero-order valence-electron chi connectivity index (χ0n) is 13.5. The van der Waals surface area contributed by atoms with Gasteiger partial charge in [-0.05, 0) is 31.4 Å². The molecule has 0 aliphatic carbocycles. The fraction of sp³-hybridized carbons (Fsp3) is 0.529. The van der Waals surface area contributed by atoms with Crippen molar-refractivity contribution in [3.05, 3.63) is 35.4 Å². The molecule has 5 heteroatoms. The van der Waals surface area contributed by atoms with Crippen LogP contribution in [0, 0.1) is 24.2 Å². The van der Waals surface area contributed by atoms with Crippen LogP contribution in [-0.4, -0.2) is 33.1 Å². The van der Waals surface area contributed by atoms with Gasteiger partial charge < -0.3 is 14.2 Å². The van der Waals surface area contributed by atoms with Crippen molar-refractivity contribution in [2.24, 2.45) is 5.92 Å². The van der Waals surface area contributed by atoms with Crippen LogP contribution in [0.1, 0.15) is 30.4 Å². The molecular formula is C17H23NO4. The Balaban J connectivity index is 3.09. The Bertz CT molecular complexity index is 520. The van der Waals surface area contributed by atoms with E-state index in [1.54, 1.807) is 6.92 Å². The molecule has 0 aliphatic heterocycles. The van der Waals surface area contributed by atoms with E-state index in [1.165, 1.54) is 14.2 Å². The van der Waals surface area contributed by atoms with Crippen LogP contribution in [0.15, 0.2) is 24.3 Å². The number of aryl methyl sites for hydroxylation is 1. The molecule has 0 bridgehead atoms. The number of carbonyl (C=O) groups is 1. The second kappa shape index (κ2) is 9.19. The van der Waals surface area contributed by atoms with Gasteiger partial charge in [0.25, 0.3) is 0 Å². The van der Waals surface area contributed by atoms with Gasteiger partial charge in [0.1, 0.15) is 0 Å². The van der Waals surface area contributed by atoms with Gasteiger partial charge in [0, 0.05) is 14.2 Å². The number of benzene rings is 1. The highest BCUT2D eigenvalue weighted by Gasteiger charge is 2.31. The molecule has 0 saturated heterocycles. The summed E-state index contributed by atoms with van der Waals surface area (Å²) in [5.74, 6) is -1.41. The number of hydrogen-bond donors (Lipinski definition) is 0. The van der Waals surface area contributed by atoms with Crippen LogP contribution in [0.4, 0.5) is 0 Å². The number of nitrogens with zero attached hydrogens (tertiary/aromatic N) is 1. The van der Waals surface area contributed by atoms with Crippen LogP contribution in [0.3, 0.4) is 0 Å². The number of nitriles is 1. The maximum absolute atomic E-state index is 12.3. The number of hydrogen-bond acceptors (Lipinski definition) is 5. The van der Waals surface area contributed by atoms with E-state index in [0.717, 1.165) is 11.1 Å². The first-order valence-electron chi connectivity index (χ1n) is 7.26. The minimum atomic E-state index is -0.675. The van der Waals surface area contributed by atoms with Crippen molar-refractivity contribution in [1.29, 1.82) is 5.26 Å². The van der Waals surface area contributed by atoms with Gasteiger partial charge in [-0.1, -0.05) is 24.3 Å². The summed E-state index contributed by atoms with van der Waals surface area (Å²) in [7, 11) is 2.96. The van der Waals surface area contributed by atoms with Crippen molar-refractivity contribution in [3.8, 4) is 6.07 Å². The molecule has 0 radical (unpaired) electrons. The predicted molar refractivity (Wildman–Crippen MR) is 82.1 cm³/mol. The first-order chi connectivity index (χ1) is 10.6. The van der Waals surface area contributed by atoms with E-state index in [2.05, 4.69) is 6.07 Å². The summed E-state index contributed by atoms with van der Waals surface area (Å²) in [6.07, 6.45) is -0.391. The fourth-order valence-electron chi connectivity index (χ4n) is 2.47. The third kappa shape index (κ3) is 4.55. The van der Waals surface area contributed by atoms with Crippen LogP contribution in [-0.2, 0) is 19.0 Å². The predicted octanol–water partition coefficient (Wildman–Crippen LogP) is 2.79. The summed E-state index contributed by atoms with van der Waals surface area (Å²) in [5, 5.41) is 9.37. The monoisotopic (exact) mass is 305 g/mol. The Labute approximate surface area is 131 Å². The summed E-state index contributed by atoms with van der Waals surface area (Å²) >= 11 is 0. The smallest absolute Gasteiger partial charge is 0.313 e. The zero-order chi connectivity index (χ0) is 16.5. The van der Waals surface area contributed by atoms with Crippen LogP contribution in [0.5, 0.6) is 0 Å². The van der Waals surface area contributed by atoms with Crippen molar-refractivity contribution >= 4 is 5.97 Å². The maximum atomic E-state index is 12.3. The van der Waals surface area contributed by atoms with Crippen molar-refractivity contribution < 1.29 is 19.0 Å². The van der Waals surface area contributed by atoms with Crippen LogP contribution >= 0.6 is 0 Å². The normalized spacial score (nSPS) is 13.5. The number of ether oxygens (including phenoxy) is 3. The van der Waals surface area contributed by atoms with Crippen LogP contribution in [0.25, 0.3) is 0 Å². The highest BCUT2D eigenvalue weighted by molar-refractivity contribution is 5.78. The lowest BCUT2D eigenvalue weighted by Gasteiger charge is -2.24. The molecule has 2 atom stereocenters. The zero-order valence-corrected chi connectivity index (χ0v) is 13.5. The molecule has 0 aromatic heterocycles. The van der Waals surface area contributed by atoms with Gasteiger partial charge in [-0.2, -0.15) is 5.26 Å². The molecule has 1 aromatic carbocycles. The molecule has 22 heavy (non-hydrogen) atoms. The van der Waals surface area contributed by atoms with Gasteiger partial charge in [0.05, 0.1) is 24.5 Å². The molecular weight excluding hydrogens is 282 g/mol. The Morgan fingerprint density at radius 2 is 1.91 bits per heavy atom. The third-order valence-corrected chi connectivity index (χ3v) is 3.58. The van der Waals surface area contributed by atoms with Crippen LogP contribution < -0.4 is 0 Å². The summed E-state index contributed by atoms with van der Waals surface area (Å²) in [6.45, 7) is 4.01. The minimum absolute atomic E-state index is 0.284. The van der Waals surface area contributed by atoms with Crippen molar-refractivity contribution in [2.75, 3.05) is 20.8 Å². The van der Waals surface area contributed by atoms with E-state index in [4.69, 9.17) is 14.2 Å². The Morgan fingerprint density at radius 3 is 2.41 bits per heavy atom. The Morgan fingerprint density at radius 1 is 1.27 bits per heavy atom. The second-order valence-electron chi connectivity index (χ2n) is 4.97. The van der Waals surface area contributed by atoms with E-state index in [9.17, 15) is 10.1 Å². The second-order valence-corrected chi connectivity index (χ2v) is 4.97. The number of rotatable bonds is 8. The van der Waals surface area contributed by atoms with E-state index in [0.29, 0.717) is 6.61 Å². The average molecular weight is 305 g/mol. The molecule has 1 aromatic rings. The SMILES string of the molecule is CCOC(=O)C(CC(C#N)C(OC)OC)c1ccccc1C. The van der Waals surface area contributed by atoms with Gasteiger partial charge in [0.15, 0.2) is 6.29 Å². The lowest BCUT2D eigenvalue weighted by Crippen LogP contribution is -2.28. The van der Waals surface area contributed by atoms with E-state index >= 15 is 0 Å².